The van der Waals surface area contributed by atoms with Crippen LogP contribution in [0.3, 0.4) is 0 Å². The van der Waals surface area contributed by atoms with Gasteiger partial charge in [0, 0.05) is 16.0 Å². The molecule has 0 saturated carbocycles. The third kappa shape index (κ3) is 5.73. The van der Waals surface area contributed by atoms with Crippen LogP contribution in [0.1, 0.15) is 28.2 Å². The maximum atomic E-state index is 4.77. The lowest BCUT2D eigenvalue weighted by atomic mass is 10.0. The quantitative estimate of drug-likeness (QED) is 0.295. The van der Waals surface area contributed by atoms with Crippen molar-refractivity contribution in [3.8, 4) is 0 Å². The highest BCUT2D eigenvalue weighted by atomic mass is 32.2. The lowest BCUT2D eigenvalue weighted by molar-refractivity contribution is 0.881. The second kappa shape index (κ2) is 10.2. The Kier molecular flexibility index (Phi) is 6.54. The average molecular weight is 450 g/mol. The zero-order valence-electron chi connectivity index (χ0n) is 18.1. The van der Waals surface area contributed by atoms with Gasteiger partial charge in [0.15, 0.2) is 5.82 Å². The lowest BCUT2D eigenvalue weighted by Gasteiger charge is -2.06. The number of para-hydroxylation sites is 1. The summed E-state index contributed by atoms with van der Waals surface area (Å²) in [6.45, 7) is 0. The third-order valence-corrected chi connectivity index (χ3v) is 6.45. The number of nitrogens with zero attached hydrogens (tertiary/aromatic N) is 4. The molecule has 162 valence electrons. The molecular weight excluding hydrogens is 426 g/mol. The van der Waals surface area contributed by atoms with Gasteiger partial charge in [-0.05, 0) is 65.1 Å². The Labute approximate surface area is 197 Å². The van der Waals surface area contributed by atoms with Crippen molar-refractivity contribution in [3.05, 3.63) is 113 Å². The molecule has 5 nitrogen and oxygen atoms in total. The molecule has 0 atom stereocenters. The van der Waals surface area contributed by atoms with Crippen LogP contribution in [0.25, 0.3) is 23.1 Å². The Hall–Kier alpha value is -3.77. The summed E-state index contributed by atoms with van der Waals surface area (Å²) in [5, 5.41) is 15.1. The van der Waals surface area contributed by atoms with Crippen LogP contribution in [0.4, 0.5) is 0 Å². The van der Waals surface area contributed by atoms with E-state index in [2.05, 4.69) is 93.4 Å². The first-order valence-corrected chi connectivity index (χ1v) is 11.9. The number of aromatic amines is 1. The maximum Gasteiger partial charge on any atom is 0.197 e. The van der Waals surface area contributed by atoms with Crippen molar-refractivity contribution in [1.29, 1.82) is 0 Å². The van der Waals surface area contributed by atoms with Crippen LogP contribution in [0.5, 0.6) is 0 Å². The number of rotatable bonds is 8. The maximum absolute atomic E-state index is 4.77. The van der Waals surface area contributed by atoms with E-state index in [1.54, 1.807) is 0 Å². The Morgan fingerprint density at radius 1 is 0.788 bits per heavy atom. The summed E-state index contributed by atoms with van der Waals surface area (Å²) in [4.78, 5) is 6.03. The van der Waals surface area contributed by atoms with Crippen LogP contribution in [0.15, 0.2) is 89.8 Å². The van der Waals surface area contributed by atoms with Gasteiger partial charge < -0.3 is 0 Å². The second-order valence-electron chi connectivity index (χ2n) is 7.78. The zero-order valence-corrected chi connectivity index (χ0v) is 18.9. The van der Waals surface area contributed by atoms with Gasteiger partial charge in [0.2, 0.25) is 0 Å². The fourth-order valence-corrected chi connectivity index (χ4v) is 4.45. The van der Waals surface area contributed by atoms with E-state index in [0.717, 1.165) is 35.4 Å². The Bertz CT molecular complexity index is 1360. The molecule has 0 aliphatic carbocycles. The van der Waals surface area contributed by atoms with Gasteiger partial charge in [-0.2, -0.15) is 5.21 Å². The summed E-state index contributed by atoms with van der Waals surface area (Å²) in [5.74, 6) is 1.45. The van der Waals surface area contributed by atoms with Crippen molar-refractivity contribution >= 4 is 34.8 Å². The van der Waals surface area contributed by atoms with Gasteiger partial charge in [0.05, 0.1) is 11.2 Å². The topological polar surface area (TPSA) is 67.3 Å². The van der Waals surface area contributed by atoms with Gasteiger partial charge >= 0.3 is 0 Å². The molecule has 0 amide bonds. The second-order valence-corrected chi connectivity index (χ2v) is 8.83. The van der Waals surface area contributed by atoms with E-state index in [1.165, 1.54) is 21.4 Å². The minimum Gasteiger partial charge on any atom is -0.252 e. The largest absolute Gasteiger partial charge is 0.252 e. The molecule has 5 rings (SSSR count). The Morgan fingerprint density at radius 3 is 2.55 bits per heavy atom. The van der Waals surface area contributed by atoms with Gasteiger partial charge in [-0.25, -0.2) is 0 Å². The summed E-state index contributed by atoms with van der Waals surface area (Å²) < 4.78 is 0. The zero-order chi connectivity index (χ0) is 22.3. The molecule has 2 heterocycles. The van der Waals surface area contributed by atoms with Gasteiger partial charge in [0.25, 0.3) is 0 Å². The van der Waals surface area contributed by atoms with Gasteiger partial charge in [0.1, 0.15) is 0 Å². The minimum absolute atomic E-state index is 0.578. The number of hydrogen-bond acceptors (Lipinski definition) is 5. The summed E-state index contributed by atoms with van der Waals surface area (Å²) in [6, 6.07) is 30.0. The molecule has 1 N–H and O–H groups in total. The molecule has 0 aliphatic rings. The summed E-state index contributed by atoms with van der Waals surface area (Å²) >= 11 is 1.82. The third-order valence-electron chi connectivity index (χ3n) is 5.41. The summed E-state index contributed by atoms with van der Waals surface area (Å²) in [7, 11) is 0. The lowest BCUT2D eigenvalue weighted by Crippen LogP contribution is -1.92. The van der Waals surface area contributed by atoms with E-state index < -0.39 is 0 Å². The monoisotopic (exact) mass is 449 g/mol. The fourth-order valence-electron chi connectivity index (χ4n) is 3.65. The van der Waals surface area contributed by atoms with Gasteiger partial charge in [-0.1, -0.05) is 66.7 Å². The Balaban J connectivity index is 1.15. The molecule has 0 aliphatic heterocycles. The van der Waals surface area contributed by atoms with Gasteiger partial charge in [-0.15, -0.1) is 22.0 Å². The molecular formula is C27H23N5S. The molecule has 0 bridgehead atoms. The van der Waals surface area contributed by atoms with Crippen molar-refractivity contribution in [1.82, 2.24) is 25.6 Å². The normalized spacial score (nSPS) is 11.4. The molecule has 6 heteroatoms. The van der Waals surface area contributed by atoms with Crippen LogP contribution in [-0.4, -0.2) is 25.6 Å². The number of pyridine rings is 1. The number of benzene rings is 3. The van der Waals surface area contributed by atoms with Crippen molar-refractivity contribution in [2.45, 2.75) is 23.5 Å². The molecule has 0 spiro atoms. The predicted octanol–water partition coefficient (Wildman–Crippen LogP) is 6.00. The van der Waals surface area contributed by atoms with E-state index in [4.69, 9.17) is 4.98 Å². The number of thioether (sulfide) groups is 1. The average Bonchev–Trinajstić information content (AvgIpc) is 3.40. The van der Waals surface area contributed by atoms with Crippen molar-refractivity contribution < 1.29 is 0 Å². The first-order chi connectivity index (χ1) is 16.3. The molecule has 5 aromatic rings. The first kappa shape index (κ1) is 21.1. The number of fused-ring (bicyclic) bond motifs is 1. The predicted molar refractivity (Wildman–Crippen MR) is 135 cm³/mol. The SMILES string of the molecule is C(=Cc1nn[nH]n1)c1cccc(CCc2ccc(SCc3ccc4ccccc4n3)cc2)c1. The summed E-state index contributed by atoms with van der Waals surface area (Å²) in [5.41, 5.74) is 5.95. The fraction of sp³-hybridized carbons (Fsp3) is 0.111. The van der Waals surface area contributed by atoms with E-state index in [-0.39, 0.29) is 0 Å². The van der Waals surface area contributed by atoms with Crippen LogP contribution < -0.4 is 0 Å². The standard InChI is InChI=1S/C27H23N5S/c1-2-7-26-23(6-1)13-14-24(28-26)19-33-25-15-10-20(11-16-25)8-9-21-4-3-5-22(18-21)12-17-27-29-31-32-30-27/h1-7,10-18H,8-9,19H2,(H,29,30,31,32). The number of nitrogens with one attached hydrogen (secondary N) is 1. The van der Waals surface area contributed by atoms with Crippen LogP contribution in [-0.2, 0) is 18.6 Å². The number of aryl methyl sites for hydroxylation is 2. The van der Waals surface area contributed by atoms with Crippen molar-refractivity contribution in [2.75, 3.05) is 0 Å². The van der Waals surface area contributed by atoms with Crippen molar-refractivity contribution in [3.63, 3.8) is 0 Å². The molecule has 3 aromatic carbocycles. The molecule has 0 unspecified atom stereocenters. The highest BCUT2D eigenvalue weighted by Gasteiger charge is 2.02. The highest BCUT2D eigenvalue weighted by molar-refractivity contribution is 7.98. The number of hydrogen-bond donors (Lipinski definition) is 1. The molecule has 33 heavy (non-hydrogen) atoms. The molecule has 0 fully saturated rings. The number of H-pyrrole nitrogens is 1. The molecule has 2 aromatic heterocycles. The van der Waals surface area contributed by atoms with E-state index in [0.29, 0.717) is 5.82 Å². The first-order valence-electron chi connectivity index (χ1n) is 10.9. The summed E-state index contributed by atoms with van der Waals surface area (Å²) in [6.07, 6.45) is 5.86. The molecule has 0 radical (unpaired) electrons. The minimum atomic E-state index is 0.578. The van der Waals surface area contributed by atoms with E-state index in [1.807, 2.05) is 36.0 Å². The Morgan fingerprint density at radius 2 is 1.67 bits per heavy atom. The van der Waals surface area contributed by atoms with E-state index >= 15 is 0 Å². The number of aromatic nitrogens is 5. The number of tetrazole rings is 1. The highest BCUT2D eigenvalue weighted by Crippen LogP contribution is 2.24. The van der Waals surface area contributed by atoms with Gasteiger partial charge in [-0.3, -0.25) is 4.98 Å². The van der Waals surface area contributed by atoms with Crippen LogP contribution in [0.2, 0.25) is 0 Å². The van der Waals surface area contributed by atoms with Crippen LogP contribution in [0, 0.1) is 0 Å². The van der Waals surface area contributed by atoms with Crippen LogP contribution >= 0.6 is 11.8 Å². The smallest absolute Gasteiger partial charge is 0.197 e. The van der Waals surface area contributed by atoms with Crippen molar-refractivity contribution in [2.24, 2.45) is 0 Å². The van der Waals surface area contributed by atoms with E-state index in [9.17, 15) is 0 Å². The molecule has 0 saturated heterocycles.